The highest BCUT2D eigenvalue weighted by molar-refractivity contribution is 5.76. The first-order chi connectivity index (χ1) is 11.6. The lowest BCUT2D eigenvalue weighted by Crippen LogP contribution is -2.49. The van der Waals surface area contributed by atoms with Crippen LogP contribution in [0.15, 0.2) is 18.2 Å². The van der Waals surface area contributed by atoms with Gasteiger partial charge in [-0.25, -0.2) is 9.18 Å². The highest BCUT2D eigenvalue weighted by Gasteiger charge is 2.35. The Labute approximate surface area is 141 Å². The van der Waals surface area contributed by atoms with E-state index in [1.54, 1.807) is 17.0 Å². The summed E-state index contributed by atoms with van der Waals surface area (Å²) < 4.78 is 24.6. The van der Waals surface area contributed by atoms with Gasteiger partial charge in [0.2, 0.25) is 0 Å². The van der Waals surface area contributed by atoms with Gasteiger partial charge >= 0.3 is 6.03 Å². The van der Waals surface area contributed by atoms with E-state index in [1.165, 1.54) is 7.11 Å². The van der Waals surface area contributed by atoms with Crippen molar-refractivity contribution in [1.29, 1.82) is 0 Å². The molecule has 1 aromatic carbocycles. The third-order valence-electron chi connectivity index (χ3n) is 4.84. The Morgan fingerprint density at radius 1 is 1.42 bits per heavy atom. The molecule has 2 aliphatic heterocycles. The fraction of sp³-hybridized carbons (Fsp3) is 0.588. The van der Waals surface area contributed by atoms with Crippen molar-refractivity contribution in [3.05, 3.63) is 29.6 Å². The van der Waals surface area contributed by atoms with Crippen molar-refractivity contribution in [1.82, 2.24) is 15.5 Å². The van der Waals surface area contributed by atoms with Crippen LogP contribution in [0.1, 0.15) is 18.4 Å². The van der Waals surface area contributed by atoms with Crippen molar-refractivity contribution in [3.63, 3.8) is 0 Å². The second kappa shape index (κ2) is 7.36. The van der Waals surface area contributed by atoms with E-state index in [0.29, 0.717) is 32.8 Å². The van der Waals surface area contributed by atoms with Crippen LogP contribution in [0, 0.1) is 5.82 Å². The normalized spacial score (nSPS) is 20.1. The van der Waals surface area contributed by atoms with Crippen LogP contribution in [0.3, 0.4) is 0 Å². The first kappa shape index (κ1) is 17.0. The van der Waals surface area contributed by atoms with Gasteiger partial charge in [-0.1, -0.05) is 6.07 Å². The lowest BCUT2D eigenvalue weighted by atomic mass is 9.82. The number of hydrogen-bond donors (Lipinski definition) is 2. The number of ether oxygens (including phenoxy) is 2. The molecule has 132 valence electrons. The Balaban J connectivity index is 1.72. The predicted octanol–water partition coefficient (Wildman–Crippen LogP) is 1.45. The van der Waals surface area contributed by atoms with Gasteiger partial charge in [0, 0.05) is 44.9 Å². The smallest absolute Gasteiger partial charge is 0.317 e. The number of urea groups is 1. The predicted molar refractivity (Wildman–Crippen MR) is 87.7 cm³/mol. The van der Waals surface area contributed by atoms with Gasteiger partial charge in [-0.3, -0.25) is 0 Å². The molecule has 1 aromatic rings. The van der Waals surface area contributed by atoms with E-state index >= 15 is 0 Å². The first-order valence-electron chi connectivity index (χ1n) is 8.34. The van der Waals surface area contributed by atoms with Crippen molar-refractivity contribution in [2.75, 3.05) is 46.5 Å². The number of benzene rings is 1. The summed E-state index contributed by atoms with van der Waals surface area (Å²) in [7, 11) is 1.46. The molecule has 2 heterocycles. The third kappa shape index (κ3) is 3.47. The number of carbonyl (C=O) groups excluding carboxylic acids is 1. The molecular formula is C17H24FN3O3. The number of nitrogens with one attached hydrogen (secondary N) is 2. The summed E-state index contributed by atoms with van der Waals surface area (Å²) in [5.74, 6) is -0.115. The SMILES string of the molecule is COc1ccc(C2(NCCN3CCNC3=O)CCOCC2)cc1F. The zero-order valence-corrected chi connectivity index (χ0v) is 13.9. The van der Waals surface area contributed by atoms with E-state index in [0.717, 1.165) is 24.9 Å². The lowest BCUT2D eigenvalue weighted by Gasteiger charge is -2.39. The van der Waals surface area contributed by atoms with Gasteiger partial charge in [-0.15, -0.1) is 0 Å². The third-order valence-corrected chi connectivity index (χ3v) is 4.84. The van der Waals surface area contributed by atoms with E-state index in [9.17, 15) is 9.18 Å². The number of amides is 2. The number of rotatable bonds is 6. The second-order valence-corrected chi connectivity index (χ2v) is 6.19. The summed E-state index contributed by atoms with van der Waals surface area (Å²) in [4.78, 5) is 13.4. The molecule has 0 saturated carbocycles. The first-order valence-corrected chi connectivity index (χ1v) is 8.34. The van der Waals surface area contributed by atoms with Gasteiger partial charge in [-0.2, -0.15) is 0 Å². The minimum absolute atomic E-state index is 0.0201. The molecule has 6 nitrogen and oxygen atoms in total. The molecule has 2 aliphatic rings. The van der Waals surface area contributed by atoms with Gasteiger partial charge < -0.3 is 25.0 Å². The molecular weight excluding hydrogens is 313 g/mol. The molecule has 2 N–H and O–H groups in total. The van der Waals surface area contributed by atoms with Crippen LogP contribution >= 0.6 is 0 Å². The molecule has 0 spiro atoms. The summed E-state index contributed by atoms with van der Waals surface area (Å²) in [5, 5.41) is 6.35. The molecule has 0 aromatic heterocycles. The van der Waals surface area contributed by atoms with E-state index in [1.807, 2.05) is 6.07 Å². The summed E-state index contributed by atoms with van der Waals surface area (Å²) in [6.45, 7) is 3.97. The van der Waals surface area contributed by atoms with Crippen LogP contribution in [0.2, 0.25) is 0 Å². The molecule has 2 amide bonds. The van der Waals surface area contributed by atoms with Crippen LogP contribution < -0.4 is 15.4 Å². The zero-order valence-electron chi connectivity index (χ0n) is 13.9. The van der Waals surface area contributed by atoms with Crippen LogP contribution in [-0.4, -0.2) is 57.4 Å². The van der Waals surface area contributed by atoms with Gasteiger partial charge in [0.05, 0.1) is 7.11 Å². The highest BCUT2D eigenvalue weighted by Crippen LogP contribution is 2.34. The van der Waals surface area contributed by atoms with Crippen molar-refractivity contribution in [2.24, 2.45) is 0 Å². The largest absolute Gasteiger partial charge is 0.494 e. The number of nitrogens with zero attached hydrogens (tertiary/aromatic N) is 1. The Hall–Kier alpha value is -1.86. The minimum Gasteiger partial charge on any atom is -0.494 e. The average molecular weight is 337 g/mol. The molecule has 3 rings (SSSR count). The Morgan fingerprint density at radius 3 is 2.83 bits per heavy atom. The van der Waals surface area contributed by atoms with Gasteiger partial charge in [0.1, 0.15) is 0 Å². The quantitative estimate of drug-likeness (QED) is 0.825. The Kier molecular flexibility index (Phi) is 5.20. The minimum atomic E-state index is -0.360. The molecule has 7 heteroatoms. The molecule has 0 aliphatic carbocycles. The monoisotopic (exact) mass is 337 g/mol. The fourth-order valence-electron chi connectivity index (χ4n) is 3.41. The van der Waals surface area contributed by atoms with Crippen molar-refractivity contribution in [3.8, 4) is 5.75 Å². The number of carbonyl (C=O) groups is 1. The van der Waals surface area contributed by atoms with E-state index in [4.69, 9.17) is 9.47 Å². The topological polar surface area (TPSA) is 62.8 Å². The second-order valence-electron chi connectivity index (χ2n) is 6.19. The standard InChI is InChI=1S/C17H24FN3O3/c1-23-15-3-2-13(12-14(15)18)17(4-10-24-11-5-17)20-7-9-21-8-6-19-16(21)22/h2-3,12,20H,4-11H2,1H3,(H,19,22). The van der Waals surface area contributed by atoms with E-state index < -0.39 is 0 Å². The molecule has 0 atom stereocenters. The van der Waals surface area contributed by atoms with Crippen LogP contribution in [-0.2, 0) is 10.3 Å². The van der Waals surface area contributed by atoms with Crippen LogP contribution in [0.5, 0.6) is 5.75 Å². The van der Waals surface area contributed by atoms with Crippen LogP contribution in [0.4, 0.5) is 9.18 Å². The molecule has 0 bridgehead atoms. The maximum Gasteiger partial charge on any atom is 0.317 e. The molecule has 2 saturated heterocycles. The van der Waals surface area contributed by atoms with Crippen LogP contribution in [0.25, 0.3) is 0 Å². The maximum atomic E-state index is 14.1. The maximum absolute atomic E-state index is 14.1. The fourth-order valence-corrected chi connectivity index (χ4v) is 3.41. The number of methoxy groups -OCH3 is 1. The number of hydrogen-bond acceptors (Lipinski definition) is 4. The Morgan fingerprint density at radius 2 is 2.21 bits per heavy atom. The summed E-state index contributed by atoms with van der Waals surface area (Å²) >= 11 is 0. The van der Waals surface area contributed by atoms with Gasteiger partial charge in [0.25, 0.3) is 0 Å². The van der Waals surface area contributed by atoms with Crippen molar-refractivity contribution < 1.29 is 18.7 Å². The van der Waals surface area contributed by atoms with Gasteiger partial charge in [0.15, 0.2) is 11.6 Å². The van der Waals surface area contributed by atoms with E-state index in [2.05, 4.69) is 10.6 Å². The lowest BCUT2D eigenvalue weighted by molar-refractivity contribution is 0.0360. The molecule has 0 radical (unpaired) electrons. The highest BCUT2D eigenvalue weighted by atomic mass is 19.1. The summed E-state index contributed by atoms with van der Waals surface area (Å²) in [5.41, 5.74) is 0.566. The number of halogens is 1. The summed E-state index contributed by atoms with van der Waals surface area (Å²) in [6, 6.07) is 5.09. The van der Waals surface area contributed by atoms with Gasteiger partial charge in [-0.05, 0) is 30.5 Å². The Bertz CT molecular complexity index is 590. The summed E-state index contributed by atoms with van der Waals surface area (Å²) in [6.07, 6.45) is 1.54. The molecule has 24 heavy (non-hydrogen) atoms. The average Bonchev–Trinajstić information content (AvgIpc) is 3.01. The van der Waals surface area contributed by atoms with Crippen molar-refractivity contribution >= 4 is 6.03 Å². The van der Waals surface area contributed by atoms with E-state index in [-0.39, 0.29) is 23.1 Å². The molecule has 2 fully saturated rings. The van der Waals surface area contributed by atoms with Crippen molar-refractivity contribution in [2.45, 2.75) is 18.4 Å². The zero-order chi connectivity index (χ0) is 17.0. The molecule has 0 unspecified atom stereocenters.